The molecule has 4 aromatic carbocycles. The molecule has 0 aliphatic carbocycles. The number of hydrogen-bond donors (Lipinski definition) is 0. The summed E-state index contributed by atoms with van der Waals surface area (Å²) in [6.07, 6.45) is 8.46. The quantitative estimate of drug-likeness (QED) is 0.264. The van der Waals surface area contributed by atoms with Crippen LogP contribution in [-0.2, 0) is 0 Å². The molecule has 3 aliphatic rings. The molecule has 0 N–H and O–H groups in total. The van der Waals surface area contributed by atoms with Crippen LogP contribution < -0.4 is 9.13 Å². The Bertz CT molecular complexity index is 2070. The lowest BCUT2D eigenvalue weighted by atomic mass is 9.70. The maximum absolute atomic E-state index is 7.29. The Morgan fingerprint density at radius 2 is 1.61 bits per heavy atom. The van der Waals surface area contributed by atoms with Gasteiger partial charge in [0.25, 0.3) is 5.82 Å². The maximum Gasteiger partial charge on any atom is 0.595 e. The number of aliphatic imine (C=N–C) groups is 1. The second-order valence-electron chi connectivity index (χ2n) is 10.1. The summed E-state index contributed by atoms with van der Waals surface area (Å²) in [5, 5.41) is 4.94. The molecule has 1 atom stereocenters. The molecule has 0 saturated carbocycles. The fourth-order valence-corrected chi connectivity index (χ4v) is 6.75. The van der Waals surface area contributed by atoms with E-state index in [0.717, 1.165) is 28.6 Å². The van der Waals surface area contributed by atoms with Gasteiger partial charge in [-0.3, -0.25) is 0 Å². The Morgan fingerprint density at radius 1 is 0.763 bits per heavy atom. The molecule has 5 nitrogen and oxygen atoms in total. The second kappa shape index (κ2) is 7.02. The molecule has 9 rings (SSSR count). The van der Waals surface area contributed by atoms with Crippen molar-refractivity contribution in [3.05, 3.63) is 133 Å². The summed E-state index contributed by atoms with van der Waals surface area (Å²) in [7, 11) is 0. The predicted octanol–water partition coefficient (Wildman–Crippen LogP) is 6.42. The van der Waals surface area contributed by atoms with E-state index in [0.29, 0.717) is 0 Å². The zero-order valence-electron chi connectivity index (χ0n) is 20.4. The highest BCUT2D eigenvalue weighted by molar-refractivity contribution is 6.70. The highest BCUT2D eigenvalue weighted by Crippen LogP contribution is 2.47. The summed E-state index contributed by atoms with van der Waals surface area (Å²) < 4.78 is 11.9. The monoisotopic (exact) mass is 488 g/mol. The van der Waals surface area contributed by atoms with Crippen molar-refractivity contribution in [2.75, 3.05) is 0 Å². The Balaban J connectivity index is 1.55. The largest absolute Gasteiger partial charge is 0.641 e. The standard InChI is InChI=1S/C32H21BN4O/c1-2-11-23(12-3-1)38-33-35-21-7-6-17-29(35)34-30-18-9-16-27(36(30)33)25-14-8-15-26-31-24-13-5-4-10-22(24)19-20-28(31)37(33)32(25)26/h1-21H. The lowest BCUT2D eigenvalue weighted by Gasteiger charge is -2.54. The summed E-state index contributed by atoms with van der Waals surface area (Å²) in [4.78, 5) is 7.39. The molecule has 6 aromatic rings. The highest BCUT2D eigenvalue weighted by Gasteiger charge is 2.57. The minimum atomic E-state index is -2.08. The Hall–Kier alpha value is -5.10. The van der Waals surface area contributed by atoms with E-state index in [1.165, 1.54) is 32.6 Å². The van der Waals surface area contributed by atoms with E-state index in [9.17, 15) is 0 Å². The minimum absolute atomic E-state index is 0.806. The third-order valence-corrected chi connectivity index (χ3v) is 8.16. The van der Waals surface area contributed by atoms with E-state index >= 15 is 0 Å². The zero-order valence-corrected chi connectivity index (χ0v) is 20.4. The van der Waals surface area contributed by atoms with Crippen molar-refractivity contribution in [2.24, 2.45) is 4.99 Å². The average Bonchev–Trinajstić information content (AvgIpc) is 3.33. The number of pyridine rings is 1. The lowest BCUT2D eigenvalue weighted by molar-refractivity contribution is -0.555. The molecule has 2 aromatic heterocycles. The molecule has 0 fully saturated rings. The summed E-state index contributed by atoms with van der Waals surface area (Å²) in [6.45, 7) is -2.08. The van der Waals surface area contributed by atoms with E-state index in [-0.39, 0.29) is 0 Å². The van der Waals surface area contributed by atoms with Crippen LogP contribution in [0.25, 0.3) is 38.3 Å². The van der Waals surface area contributed by atoms with Gasteiger partial charge in [-0.25, -0.2) is 0 Å². The molecule has 0 saturated heterocycles. The van der Waals surface area contributed by atoms with Gasteiger partial charge in [0.05, 0.1) is 5.75 Å². The van der Waals surface area contributed by atoms with Gasteiger partial charge in [0, 0.05) is 51.4 Å². The molecule has 178 valence electrons. The number of benzene rings is 4. The normalized spacial score (nSPS) is 18.8. The number of aromatic nitrogens is 2. The Labute approximate surface area is 218 Å². The van der Waals surface area contributed by atoms with E-state index in [1.807, 2.05) is 36.4 Å². The van der Waals surface area contributed by atoms with Crippen LogP contribution in [0.3, 0.4) is 0 Å². The summed E-state index contributed by atoms with van der Waals surface area (Å²) in [6, 6.07) is 36.1. The molecular weight excluding hydrogens is 467 g/mol. The van der Waals surface area contributed by atoms with Crippen LogP contribution >= 0.6 is 0 Å². The van der Waals surface area contributed by atoms with Crippen molar-refractivity contribution in [1.82, 2.24) is 9.29 Å². The maximum atomic E-state index is 7.29. The molecule has 0 radical (unpaired) electrons. The third-order valence-electron chi connectivity index (χ3n) is 8.16. The number of allylic oxidation sites excluding steroid dienone is 2. The summed E-state index contributed by atoms with van der Waals surface area (Å²) >= 11 is 0. The van der Waals surface area contributed by atoms with Crippen molar-refractivity contribution < 1.29 is 9.13 Å². The number of nitrogens with zero attached hydrogens (tertiary/aromatic N) is 4. The lowest BCUT2D eigenvalue weighted by Crippen LogP contribution is -2.84. The van der Waals surface area contributed by atoms with Crippen LogP contribution in [0.2, 0.25) is 0 Å². The van der Waals surface area contributed by atoms with Crippen molar-refractivity contribution in [2.45, 2.75) is 0 Å². The van der Waals surface area contributed by atoms with Gasteiger partial charge < -0.3 is 18.4 Å². The molecule has 0 amide bonds. The molecule has 3 aliphatic heterocycles. The van der Waals surface area contributed by atoms with Crippen molar-refractivity contribution in [3.8, 4) is 5.75 Å². The first-order chi connectivity index (χ1) is 18.8. The molecule has 0 spiro atoms. The first kappa shape index (κ1) is 20.0. The van der Waals surface area contributed by atoms with E-state index in [4.69, 9.17) is 9.65 Å². The molecule has 6 heteroatoms. The smallest absolute Gasteiger partial charge is 0.595 e. The van der Waals surface area contributed by atoms with E-state index in [2.05, 4.69) is 105 Å². The van der Waals surface area contributed by atoms with E-state index in [1.54, 1.807) is 0 Å². The number of para-hydroxylation sites is 2. The van der Waals surface area contributed by atoms with Gasteiger partial charge in [0.15, 0.2) is 0 Å². The van der Waals surface area contributed by atoms with Crippen molar-refractivity contribution in [3.63, 3.8) is 0 Å². The minimum Gasteiger partial charge on any atom is -0.641 e. The Morgan fingerprint density at radius 3 is 2.55 bits per heavy atom. The van der Waals surface area contributed by atoms with Gasteiger partial charge >= 0.3 is 6.75 Å². The number of fused-ring (bicyclic) bond motifs is 9. The van der Waals surface area contributed by atoms with Gasteiger partial charge in [0.2, 0.25) is 5.84 Å². The SMILES string of the molecule is C1=CC2=Nc3cccc[n+]3[B-]3(Oc4ccccc4)N2C(=C1)c1cccc2c4c5ccccc5ccc4n3c12. The first-order valence-electron chi connectivity index (χ1n) is 13.0. The predicted molar refractivity (Wildman–Crippen MR) is 153 cm³/mol. The molecule has 0 bridgehead atoms. The van der Waals surface area contributed by atoms with Gasteiger partial charge in [-0.05, 0) is 46.1 Å². The Kier molecular flexibility index (Phi) is 3.70. The number of amidine groups is 1. The van der Waals surface area contributed by atoms with Gasteiger partial charge in [-0.2, -0.15) is 0 Å². The number of hydrogen-bond acceptors (Lipinski definition) is 3. The van der Waals surface area contributed by atoms with Crippen LogP contribution in [0.5, 0.6) is 5.75 Å². The molecule has 1 unspecified atom stereocenters. The topological polar surface area (TPSA) is 33.6 Å². The van der Waals surface area contributed by atoms with Crippen molar-refractivity contribution in [1.29, 1.82) is 0 Å². The van der Waals surface area contributed by atoms with Gasteiger partial charge in [-0.1, -0.05) is 78.9 Å². The van der Waals surface area contributed by atoms with Crippen LogP contribution in [-0.4, -0.2) is 21.9 Å². The molecular formula is C32H21BN4O. The fourth-order valence-electron chi connectivity index (χ4n) is 6.75. The first-order valence-corrected chi connectivity index (χ1v) is 13.0. The summed E-state index contributed by atoms with van der Waals surface area (Å²) in [5.41, 5.74) is 4.58. The highest BCUT2D eigenvalue weighted by atomic mass is 16.5. The van der Waals surface area contributed by atoms with Crippen LogP contribution in [0.4, 0.5) is 5.82 Å². The van der Waals surface area contributed by atoms with Crippen LogP contribution in [0.15, 0.2) is 133 Å². The fraction of sp³-hybridized carbons (Fsp3) is 0. The molecule has 38 heavy (non-hydrogen) atoms. The van der Waals surface area contributed by atoms with Crippen molar-refractivity contribution >= 4 is 56.7 Å². The number of rotatable bonds is 2. The van der Waals surface area contributed by atoms with Crippen LogP contribution in [0.1, 0.15) is 5.56 Å². The summed E-state index contributed by atoms with van der Waals surface area (Å²) in [5.74, 6) is 2.53. The van der Waals surface area contributed by atoms with Crippen LogP contribution in [0, 0.1) is 0 Å². The zero-order chi connectivity index (χ0) is 24.8. The van der Waals surface area contributed by atoms with E-state index < -0.39 is 6.75 Å². The van der Waals surface area contributed by atoms with Gasteiger partial charge in [0.1, 0.15) is 0 Å². The van der Waals surface area contributed by atoms with Gasteiger partial charge in [-0.15, -0.1) is 0 Å². The second-order valence-corrected chi connectivity index (χ2v) is 10.1. The average molecular weight is 488 g/mol. The molecule has 5 heterocycles. The third kappa shape index (κ3) is 2.33.